The quantitative estimate of drug-likeness (QED) is 0.779. The van der Waals surface area contributed by atoms with E-state index in [4.69, 9.17) is 4.42 Å². The van der Waals surface area contributed by atoms with Gasteiger partial charge in [0.15, 0.2) is 5.76 Å². The normalized spacial score (nSPS) is 10.1. The van der Waals surface area contributed by atoms with Gasteiger partial charge in [-0.2, -0.15) is 0 Å². The number of benzene rings is 1. The van der Waals surface area contributed by atoms with Crippen LogP contribution >= 0.6 is 22.6 Å². The molecule has 1 aromatic carbocycles. The van der Waals surface area contributed by atoms with Gasteiger partial charge in [0.1, 0.15) is 0 Å². The molecule has 5 nitrogen and oxygen atoms in total. The molecule has 0 fully saturated rings. The maximum Gasteiger partial charge on any atom is 0.286 e. The molecule has 1 aromatic heterocycles. The number of rotatable bonds is 5. The van der Waals surface area contributed by atoms with Gasteiger partial charge in [0.25, 0.3) is 5.91 Å². The van der Waals surface area contributed by atoms with Gasteiger partial charge in [-0.15, -0.1) is 0 Å². The Morgan fingerprint density at radius 3 is 2.75 bits per heavy atom. The first kappa shape index (κ1) is 14.6. The van der Waals surface area contributed by atoms with Gasteiger partial charge in [0, 0.05) is 22.2 Å². The highest BCUT2D eigenvalue weighted by Crippen LogP contribution is 2.12. The third kappa shape index (κ3) is 4.37. The third-order valence-corrected chi connectivity index (χ3v) is 3.16. The van der Waals surface area contributed by atoms with Crippen molar-refractivity contribution >= 4 is 40.1 Å². The molecule has 0 aliphatic carbocycles. The lowest BCUT2D eigenvalue weighted by Gasteiger charge is -2.06. The Morgan fingerprint density at radius 2 is 2.05 bits per heavy atom. The summed E-state index contributed by atoms with van der Waals surface area (Å²) < 4.78 is 6.00. The lowest BCUT2D eigenvalue weighted by Crippen LogP contribution is -2.27. The van der Waals surface area contributed by atoms with Crippen LogP contribution in [0.3, 0.4) is 0 Å². The Bertz CT molecular complexity index is 596. The highest BCUT2D eigenvalue weighted by Gasteiger charge is 2.08. The first-order valence-corrected chi connectivity index (χ1v) is 7.10. The number of carbonyl (C=O) groups is 2. The summed E-state index contributed by atoms with van der Waals surface area (Å²) >= 11 is 2.18. The van der Waals surface area contributed by atoms with Crippen LogP contribution in [0.4, 0.5) is 5.69 Å². The monoisotopic (exact) mass is 384 g/mol. The molecule has 1 heterocycles. The lowest BCUT2D eigenvalue weighted by atomic mass is 10.3. The van der Waals surface area contributed by atoms with E-state index in [9.17, 15) is 9.59 Å². The average Bonchev–Trinajstić information content (AvgIpc) is 2.92. The molecule has 0 atom stereocenters. The van der Waals surface area contributed by atoms with E-state index in [1.54, 1.807) is 12.1 Å². The second-order valence-corrected chi connectivity index (χ2v) is 5.29. The third-order valence-electron chi connectivity index (χ3n) is 2.49. The molecule has 2 N–H and O–H groups in total. The van der Waals surface area contributed by atoms with E-state index in [0.29, 0.717) is 0 Å². The first-order chi connectivity index (χ1) is 9.65. The SMILES string of the molecule is O=C(CCNC(=O)c1ccco1)Nc1cccc(I)c1. The van der Waals surface area contributed by atoms with Crippen molar-refractivity contribution < 1.29 is 14.0 Å². The van der Waals surface area contributed by atoms with Crippen molar-refractivity contribution in [2.45, 2.75) is 6.42 Å². The molecule has 6 heteroatoms. The van der Waals surface area contributed by atoms with Crippen molar-refractivity contribution in [2.24, 2.45) is 0 Å². The fourth-order valence-corrected chi connectivity index (χ4v) is 2.12. The molecule has 104 valence electrons. The number of amides is 2. The van der Waals surface area contributed by atoms with E-state index in [2.05, 4.69) is 33.2 Å². The molecule has 0 saturated heterocycles. The van der Waals surface area contributed by atoms with Crippen molar-refractivity contribution in [3.63, 3.8) is 0 Å². The summed E-state index contributed by atoms with van der Waals surface area (Å²) in [7, 11) is 0. The smallest absolute Gasteiger partial charge is 0.286 e. The molecule has 0 unspecified atom stereocenters. The Kier molecular flexibility index (Phi) is 5.16. The van der Waals surface area contributed by atoms with Gasteiger partial charge in [-0.3, -0.25) is 9.59 Å². The molecular formula is C14H13IN2O3. The van der Waals surface area contributed by atoms with Crippen molar-refractivity contribution in [3.8, 4) is 0 Å². The Morgan fingerprint density at radius 1 is 1.20 bits per heavy atom. The van der Waals surface area contributed by atoms with E-state index >= 15 is 0 Å². The zero-order chi connectivity index (χ0) is 14.4. The second kappa shape index (κ2) is 7.09. The minimum atomic E-state index is -0.322. The van der Waals surface area contributed by atoms with Gasteiger partial charge in [-0.05, 0) is 52.9 Å². The number of hydrogen-bond donors (Lipinski definition) is 2. The van der Waals surface area contributed by atoms with Crippen LogP contribution in [0, 0.1) is 3.57 Å². The van der Waals surface area contributed by atoms with Gasteiger partial charge in [0.05, 0.1) is 6.26 Å². The summed E-state index contributed by atoms with van der Waals surface area (Å²) in [6.45, 7) is 0.259. The molecule has 0 aliphatic rings. The minimum Gasteiger partial charge on any atom is -0.459 e. The fourth-order valence-electron chi connectivity index (χ4n) is 1.57. The first-order valence-electron chi connectivity index (χ1n) is 6.02. The number of halogens is 1. The van der Waals surface area contributed by atoms with Crippen LogP contribution in [0.25, 0.3) is 0 Å². The molecule has 0 bridgehead atoms. The van der Waals surface area contributed by atoms with Gasteiger partial charge in [-0.1, -0.05) is 6.07 Å². The topological polar surface area (TPSA) is 71.3 Å². The van der Waals surface area contributed by atoms with Crippen molar-refractivity contribution in [2.75, 3.05) is 11.9 Å². The Labute approximate surface area is 129 Å². The van der Waals surface area contributed by atoms with Crippen LogP contribution in [-0.4, -0.2) is 18.4 Å². The summed E-state index contributed by atoms with van der Waals surface area (Å²) in [5, 5.41) is 5.39. The fraction of sp³-hybridized carbons (Fsp3) is 0.143. The second-order valence-electron chi connectivity index (χ2n) is 4.04. The van der Waals surface area contributed by atoms with E-state index < -0.39 is 0 Å². The summed E-state index contributed by atoms with van der Waals surface area (Å²) in [4.78, 5) is 23.3. The molecular weight excluding hydrogens is 371 g/mol. The van der Waals surface area contributed by atoms with Crippen LogP contribution in [0.2, 0.25) is 0 Å². The predicted molar refractivity (Wildman–Crippen MR) is 83.4 cm³/mol. The van der Waals surface area contributed by atoms with Crippen molar-refractivity contribution in [1.29, 1.82) is 0 Å². The largest absolute Gasteiger partial charge is 0.459 e. The van der Waals surface area contributed by atoms with Crippen LogP contribution in [0.1, 0.15) is 17.0 Å². The minimum absolute atomic E-state index is 0.147. The van der Waals surface area contributed by atoms with Gasteiger partial charge in [0.2, 0.25) is 5.91 Å². The van der Waals surface area contributed by atoms with Crippen molar-refractivity contribution in [3.05, 3.63) is 52.0 Å². The zero-order valence-electron chi connectivity index (χ0n) is 10.6. The van der Waals surface area contributed by atoms with E-state index in [0.717, 1.165) is 9.26 Å². The van der Waals surface area contributed by atoms with Gasteiger partial charge in [-0.25, -0.2) is 0 Å². The zero-order valence-corrected chi connectivity index (χ0v) is 12.7. The van der Waals surface area contributed by atoms with Crippen LogP contribution in [0.15, 0.2) is 47.1 Å². The number of anilines is 1. The number of nitrogens with one attached hydrogen (secondary N) is 2. The number of furan rings is 1. The van der Waals surface area contributed by atoms with E-state index in [1.807, 2.05) is 24.3 Å². The molecule has 0 radical (unpaired) electrons. The Hall–Kier alpha value is -1.83. The average molecular weight is 384 g/mol. The predicted octanol–water partition coefficient (Wildman–Crippen LogP) is 2.64. The molecule has 0 spiro atoms. The summed E-state index contributed by atoms with van der Waals surface area (Å²) in [5.41, 5.74) is 0.749. The molecule has 2 aromatic rings. The maximum absolute atomic E-state index is 11.7. The maximum atomic E-state index is 11.7. The van der Waals surface area contributed by atoms with Crippen LogP contribution in [0.5, 0.6) is 0 Å². The van der Waals surface area contributed by atoms with Crippen molar-refractivity contribution in [1.82, 2.24) is 5.32 Å². The van der Waals surface area contributed by atoms with Crippen LogP contribution in [-0.2, 0) is 4.79 Å². The lowest BCUT2D eigenvalue weighted by molar-refractivity contribution is -0.116. The number of hydrogen-bond acceptors (Lipinski definition) is 3. The standard InChI is InChI=1S/C14H13IN2O3/c15-10-3-1-4-11(9-10)17-13(18)6-7-16-14(19)12-5-2-8-20-12/h1-5,8-9H,6-7H2,(H,16,19)(H,17,18). The molecule has 2 rings (SSSR count). The molecule has 2 amide bonds. The molecule has 0 saturated carbocycles. The summed E-state index contributed by atoms with van der Waals surface area (Å²) in [6.07, 6.45) is 1.64. The highest BCUT2D eigenvalue weighted by molar-refractivity contribution is 14.1. The van der Waals surface area contributed by atoms with Crippen LogP contribution < -0.4 is 10.6 Å². The Balaban J connectivity index is 1.74. The van der Waals surface area contributed by atoms with Gasteiger partial charge < -0.3 is 15.1 Å². The van der Waals surface area contributed by atoms with Gasteiger partial charge >= 0.3 is 0 Å². The van der Waals surface area contributed by atoms with E-state index in [1.165, 1.54) is 6.26 Å². The summed E-state index contributed by atoms with van der Waals surface area (Å²) in [5.74, 6) is -0.230. The summed E-state index contributed by atoms with van der Waals surface area (Å²) in [6, 6.07) is 10.7. The number of carbonyl (C=O) groups excluding carboxylic acids is 2. The molecule has 0 aliphatic heterocycles. The highest BCUT2D eigenvalue weighted by atomic mass is 127. The molecule has 20 heavy (non-hydrogen) atoms. The van der Waals surface area contributed by atoms with E-state index in [-0.39, 0.29) is 30.5 Å².